The topological polar surface area (TPSA) is 42.4 Å². The standard InChI is InChI=1S/C19H22N2O2S/c1-23-12-11-21(14-16-7-4-5-10-20-16)19(22)18-17-8-3-2-6-15(17)9-13-24-18/h2-8,10,18H,9,11-14H2,1H3. The maximum Gasteiger partial charge on any atom is 0.240 e. The van der Waals surface area contributed by atoms with Crippen LogP contribution in [0.4, 0.5) is 0 Å². The second kappa shape index (κ2) is 8.31. The first kappa shape index (κ1) is 17.0. The van der Waals surface area contributed by atoms with Gasteiger partial charge < -0.3 is 9.64 Å². The van der Waals surface area contributed by atoms with Gasteiger partial charge in [-0.05, 0) is 35.4 Å². The fourth-order valence-corrected chi connectivity index (χ4v) is 4.19. The van der Waals surface area contributed by atoms with Gasteiger partial charge in [-0.25, -0.2) is 0 Å². The van der Waals surface area contributed by atoms with Crippen LogP contribution in [-0.2, 0) is 22.5 Å². The maximum atomic E-state index is 13.2. The number of benzene rings is 1. The number of hydrogen-bond acceptors (Lipinski definition) is 4. The Morgan fingerprint density at radius 1 is 1.29 bits per heavy atom. The van der Waals surface area contributed by atoms with E-state index in [0.717, 1.165) is 23.4 Å². The average molecular weight is 342 g/mol. The molecule has 2 aromatic rings. The van der Waals surface area contributed by atoms with Gasteiger partial charge in [0.2, 0.25) is 5.91 Å². The average Bonchev–Trinajstić information content (AvgIpc) is 2.65. The summed E-state index contributed by atoms with van der Waals surface area (Å²) in [6, 6.07) is 14.1. The molecule has 1 atom stereocenters. The number of methoxy groups -OCH3 is 1. The molecular weight excluding hydrogens is 320 g/mol. The predicted molar refractivity (Wildman–Crippen MR) is 96.9 cm³/mol. The number of fused-ring (bicyclic) bond motifs is 1. The third-order valence-corrected chi connectivity index (χ3v) is 5.40. The van der Waals surface area contributed by atoms with E-state index >= 15 is 0 Å². The smallest absolute Gasteiger partial charge is 0.240 e. The second-order valence-corrected chi connectivity index (χ2v) is 6.99. The second-order valence-electron chi connectivity index (χ2n) is 5.77. The first-order chi connectivity index (χ1) is 11.8. The van der Waals surface area contributed by atoms with Gasteiger partial charge in [0.1, 0.15) is 5.25 Å². The van der Waals surface area contributed by atoms with Gasteiger partial charge in [0.25, 0.3) is 0 Å². The molecule has 1 amide bonds. The van der Waals surface area contributed by atoms with E-state index in [1.54, 1.807) is 25.1 Å². The van der Waals surface area contributed by atoms with Crippen LogP contribution in [0, 0.1) is 0 Å². The summed E-state index contributed by atoms with van der Waals surface area (Å²) >= 11 is 1.73. The van der Waals surface area contributed by atoms with Crippen LogP contribution in [0.2, 0.25) is 0 Å². The van der Waals surface area contributed by atoms with Crippen molar-refractivity contribution in [3.8, 4) is 0 Å². The van der Waals surface area contributed by atoms with Gasteiger partial charge in [0.15, 0.2) is 0 Å². The molecule has 1 aromatic carbocycles. The highest BCUT2D eigenvalue weighted by Crippen LogP contribution is 2.38. The minimum absolute atomic E-state index is 0.129. The highest BCUT2D eigenvalue weighted by Gasteiger charge is 2.30. The third-order valence-electron chi connectivity index (χ3n) is 4.17. The predicted octanol–water partition coefficient (Wildman–Crippen LogP) is 3.09. The monoisotopic (exact) mass is 342 g/mol. The van der Waals surface area contributed by atoms with Crippen molar-refractivity contribution in [3.05, 3.63) is 65.5 Å². The number of thioether (sulfide) groups is 1. The minimum Gasteiger partial charge on any atom is -0.383 e. The summed E-state index contributed by atoms with van der Waals surface area (Å²) in [6.45, 7) is 1.62. The Hall–Kier alpha value is -1.85. The van der Waals surface area contributed by atoms with Gasteiger partial charge >= 0.3 is 0 Å². The highest BCUT2D eigenvalue weighted by atomic mass is 32.2. The number of nitrogens with zero attached hydrogens (tertiary/aromatic N) is 2. The van der Waals surface area contributed by atoms with Crippen LogP contribution in [0.3, 0.4) is 0 Å². The number of carbonyl (C=O) groups is 1. The van der Waals surface area contributed by atoms with Crippen molar-refractivity contribution in [2.45, 2.75) is 18.2 Å². The molecule has 3 rings (SSSR count). The van der Waals surface area contributed by atoms with E-state index in [4.69, 9.17) is 4.74 Å². The van der Waals surface area contributed by atoms with Gasteiger partial charge in [0.05, 0.1) is 18.8 Å². The Balaban J connectivity index is 1.81. The van der Waals surface area contributed by atoms with Crippen LogP contribution in [-0.4, -0.2) is 41.8 Å². The van der Waals surface area contributed by atoms with E-state index in [2.05, 4.69) is 17.1 Å². The number of amides is 1. The Morgan fingerprint density at radius 2 is 2.12 bits per heavy atom. The molecule has 1 aromatic heterocycles. The van der Waals surface area contributed by atoms with E-state index in [-0.39, 0.29) is 11.2 Å². The fraction of sp³-hybridized carbons (Fsp3) is 0.368. The normalized spacial score (nSPS) is 16.5. The largest absolute Gasteiger partial charge is 0.383 e. The van der Waals surface area contributed by atoms with Crippen molar-refractivity contribution in [3.63, 3.8) is 0 Å². The summed E-state index contributed by atoms with van der Waals surface area (Å²) in [7, 11) is 1.66. The lowest BCUT2D eigenvalue weighted by molar-refractivity contribution is -0.132. The molecule has 0 radical (unpaired) electrons. The highest BCUT2D eigenvalue weighted by molar-refractivity contribution is 8.00. The van der Waals surface area contributed by atoms with Crippen LogP contribution in [0.1, 0.15) is 22.1 Å². The Kier molecular flexibility index (Phi) is 5.88. The Bertz CT molecular complexity index is 678. The van der Waals surface area contributed by atoms with E-state index in [0.29, 0.717) is 19.7 Å². The summed E-state index contributed by atoms with van der Waals surface area (Å²) in [5.74, 6) is 1.13. The lowest BCUT2D eigenvalue weighted by Crippen LogP contribution is -2.37. The molecule has 1 aliphatic heterocycles. The number of pyridine rings is 1. The molecule has 1 aliphatic rings. The van der Waals surface area contributed by atoms with Gasteiger partial charge in [0, 0.05) is 19.9 Å². The fourth-order valence-electron chi connectivity index (χ4n) is 2.92. The third kappa shape index (κ3) is 3.97. The van der Waals surface area contributed by atoms with Crippen LogP contribution in [0.15, 0.2) is 48.7 Å². The maximum absolute atomic E-state index is 13.2. The van der Waals surface area contributed by atoms with Gasteiger partial charge in [-0.1, -0.05) is 30.3 Å². The van der Waals surface area contributed by atoms with Gasteiger partial charge in [-0.15, -0.1) is 11.8 Å². The summed E-state index contributed by atoms with van der Waals surface area (Å²) in [4.78, 5) is 19.4. The van der Waals surface area contributed by atoms with Crippen molar-refractivity contribution >= 4 is 17.7 Å². The summed E-state index contributed by atoms with van der Waals surface area (Å²) < 4.78 is 5.20. The van der Waals surface area contributed by atoms with Crippen molar-refractivity contribution in [1.29, 1.82) is 0 Å². The van der Waals surface area contributed by atoms with E-state index in [1.807, 2.05) is 35.2 Å². The zero-order valence-corrected chi connectivity index (χ0v) is 14.7. The number of aryl methyl sites for hydroxylation is 1. The molecule has 5 heteroatoms. The molecule has 4 nitrogen and oxygen atoms in total. The van der Waals surface area contributed by atoms with Crippen molar-refractivity contribution < 1.29 is 9.53 Å². The minimum atomic E-state index is -0.129. The van der Waals surface area contributed by atoms with Crippen molar-refractivity contribution in [2.75, 3.05) is 26.0 Å². The van der Waals surface area contributed by atoms with Crippen LogP contribution in [0.5, 0.6) is 0 Å². The van der Waals surface area contributed by atoms with Gasteiger partial charge in [-0.2, -0.15) is 0 Å². The first-order valence-corrected chi connectivity index (χ1v) is 9.21. The molecule has 0 saturated heterocycles. The zero-order valence-electron chi connectivity index (χ0n) is 13.9. The quantitative estimate of drug-likeness (QED) is 0.809. The molecule has 2 heterocycles. The molecular formula is C19H22N2O2S. The summed E-state index contributed by atoms with van der Waals surface area (Å²) in [6.07, 6.45) is 2.79. The molecule has 0 aliphatic carbocycles. The van der Waals surface area contributed by atoms with Crippen LogP contribution < -0.4 is 0 Å². The molecule has 1 unspecified atom stereocenters. The number of hydrogen-bond donors (Lipinski definition) is 0. The van der Waals surface area contributed by atoms with Crippen LogP contribution >= 0.6 is 11.8 Å². The first-order valence-electron chi connectivity index (χ1n) is 8.16. The SMILES string of the molecule is COCCN(Cc1ccccn1)C(=O)C1SCCc2ccccc21. The van der Waals surface area contributed by atoms with Crippen molar-refractivity contribution in [2.24, 2.45) is 0 Å². The van der Waals surface area contributed by atoms with E-state index in [1.165, 1.54) is 5.56 Å². The molecule has 24 heavy (non-hydrogen) atoms. The molecule has 0 spiro atoms. The number of carbonyl (C=O) groups excluding carboxylic acids is 1. The Morgan fingerprint density at radius 3 is 2.92 bits per heavy atom. The summed E-state index contributed by atoms with van der Waals surface area (Å²) in [5, 5.41) is -0.129. The Labute approximate surface area is 147 Å². The molecule has 0 saturated carbocycles. The lowest BCUT2D eigenvalue weighted by Gasteiger charge is -2.30. The number of aromatic nitrogens is 1. The molecule has 126 valence electrons. The molecule has 0 bridgehead atoms. The van der Waals surface area contributed by atoms with Gasteiger partial charge in [-0.3, -0.25) is 9.78 Å². The molecule has 0 N–H and O–H groups in total. The lowest BCUT2D eigenvalue weighted by atomic mass is 10.0. The van der Waals surface area contributed by atoms with E-state index in [9.17, 15) is 4.79 Å². The summed E-state index contributed by atoms with van der Waals surface area (Å²) in [5.41, 5.74) is 3.34. The van der Waals surface area contributed by atoms with Crippen molar-refractivity contribution in [1.82, 2.24) is 9.88 Å². The zero-order chi connectivity index (χ0) is 16.8. The number of ether oxygens (including phenoxy) is 1. The molecule has 0 fully saturated rings. The van der Waals surface area contributed by atoms with E-state index < -0.39 is 0 Å². The van der Waals surface area contributed by atoms with Crippen LogP contribution in [0.25, 0.3) is 0 Å². The number of rotatable bonds is 6.